The fourth-order valence-electron chi connectivity index (χ4n) is 10.0. The van der Waals surface area contributed by atoms with Crippen molar-refractivity contribution in [3.05, 3.63) is 59.7 Å². The Bertz CT molecular complexity index is 1290. The molecule has 0 atom stereocenters. The van der Waals surface area contributed by atoms with Gasteiger partial charge in [-0.3, -0.25) is 0 Å². The third-order valence-corrected chi connectivity index (χ3v) is 17.6. The minimum atomic E-state index is -1.46. The van der Waals surface area contributed by atoms with Gasteiger partial charge in [0.2, 0.25) is 0 Å². The van der Waals surface area contributed by atoms with E-state index in [9.17, 15) is 0 Å². The van der Waals surface area contributed by atoms with Gasteiger partial charge < -0.3 is 27.1 Å². The molecule has 2 aromatic rings. The molecule has 436 valence electrons. The summed E-state index contributed by atoms with van der Waals surface area (Å²) in [7, 11) is -2.92. The highest BCUT2D eigenvalue weighted by molar-refractivity contribution is 7.42. The molecule has 0 saturated carbocycles. The molecule has 0 radical (unpaired) electrons. The number of rotatable bonds is 58. The van der Waals surface area contributed by atoms with Crippen LogP contribution in [-0.2, 0) is 23.5 Å². The van der Waals surface area contributed by atoms with Crippen LogP contribution in [0.15, 0.2) is 48.5 Å². The van der Waals surface area contributed by atoms with Gasteiger partial charge in [-0.2, -0.15) is 0 Å². The van der Waals surface area contributed by atoms with Crippen LogP contribution in [0.4, 0.5) is 0 Å². The zero-order chi connectivity index (χ0) is 53.8. The summed E-state index contributed by atoms with van der Waals surface area (Å²) in [5, 5.41) is 0. The van der Waals surface area contributed by atoms with Crippen LogP contribution in [0.5, 0.6) is 11.5 Å². The predicted octanol–water partition coefficient (Wildman–Crippen LogP) is 24.5. The molecular weight excluding hydrogens is 963 g/mol. The van der Waals surface area contributed by atoms with E-state index in [0.29, 0.717) is 26.4 Å². The van der Waals surface area contributed by atoms with Gasteiger partial charge in [0, 0.05) is 5.41 Å². The van der Waals surface area contributed by atoms with Gasteiger partial charge in [-0.05, 0) is 61.1 Å². The first-order valence-electron chi connectivity index (χ1n) is 32.6. The molecule has 0 bridgehead atoms. The Morgan fingerprint density at radius 1 is 0.253 bits per heavy atom. The lowest BCUT2D eigenvalue weighted by molar-refractivity contribution is 0.198. The van der Waals surface area contributed by atoms with E-state index in [1.54, 1.807) is 0 Å². The number of benzene rings is 2. The lowest BCUT2D eigenvalue weighted by Gasteiger charge is -2.27. The minimum Gasteiger partial charge on any atom is -0.427 e. The van der Waals surface area contributed by atoms with Crippen LogP contribution in [-0.4, -0.2) is 26.4 Å². The van der Waals surface area contributed by atoms with Crippen LogP contribution in [0.1, 0.15) is 335 Å². The summed E-state index contributed by atoms with van der Waals surface area (Å²) >= 11 is 0. The molecule has 0 N–H and O–H groups in total. The molecule has 0 amide bonds. The van der Waals surface area contributed by atoms with Crippen molar-refractivity contribution < 1.29 is 27.1 Å². The SMILES string of the molecule is CCCCCCCCCCCCCOP(OCCCCCCCCCCCCC)Oc1ccc(C(C)(C)c2ccc(OP(OCCCCCCCCCCCCC)OCCCCCCCCCCCCC)cc2)cc1. The maximum atomic E-state index is 6.47. The zero-order valence-electron chi connectivity index (χ0n) is 50.4. The van der Waals surface area contributed by atoms with E-state index in [0.717, 1.165) is 37.2 Å². The van der Waals surface area contributed by atoms with Crippen molar-refractivity contribution in [3.8, 4) is 11.5 Å². The van der Waals surface area contributed by atoms with Crippen LogP contribution in [0, 0.1) is 0 Å². The van der Waals surface area contributed by atoms with E-state index >= 15 is 0 Å². The quantitative estimate of drug-likeness (QED) is 0.0486. The van der Waals surface area contributed by atoms with Crippen molar-refractivity contribution in [3.63, 3.8) is 0 Å². The van der Waals surface area contributed by atoms with Crippen molar-refractivity contribution in [2.24, 2.45) is 0 Å². The minimum absolute atomic E-state index is 0.221. The predicted molar refractivity (Wildman–Crippen MR) is 330 cm³/mol. The van der Waals surface area contributed by atoms with E-state index in [-0.39, 0.29) is 5.41 Å². The largest absolute Gasteiger partial charge is 0.427 e. The van der Waals surface area contributed by atoms with E-state index < -0.39 is 17.2 Å². The van der Waals surface area contributed by atoms with Crippen LogP contribution in [0.25, 0.3) is 0 Å². The molecule has 0 aromatic heterocycles. The molecule has 2 aromatic carbocycles. The second-order valence-electron chi connectivity index (χ2n) is 22.8. The maximum Gasteiger partial charge on any atom is 0.397 e. The molecule has 0 fully saturated rings. The van der Waals surface area contributed by atoms with Crippen LogP contribution in [0.3, 0.4) is 0 Å². The van der Waals surface area contributed by atoms with Crippen LogP contribution in [0.2, 0.25) is 0 Å². The topological polar surface area (TPSA) is 55.4 Å². The zero-order valence-corrected chi connectivity index (χ0v) is 52.2. The van der Waals surface area contributed by atoms with Gasteiger partial charge in [0.1, 0.15) is 11.5 Å². The Morgan fingerprint density at radius 2 is 0.427 bits per heavy atom. The third-order valence-electron chi connectivity index (χ3n) is 15.3. The molecular formula is C67H122O6P2. The molecule has 0 spiro atoms. The third kappa shape index (κ3) is 40.6. The highest BCUT2D eigenvalue weighted by atomic mass is 31.2. The highest BCUT2D eigenvalue weighted by Gasteiger charge is 2.25. The van der Waals surface area contributed by atoms with Gasteiger partial charge in [-0.1, -0.05) is 323 Å². The summed E-state index contributed by atoms with van der Waals surface area (Å²) in [6.07, 6.45) is 58.2. The first-order chi connectivity index (χ1) is 36.9. The van der Waals surface area contributed by atoms with E-state index in [4.69, 9.17) is 27.1 Å². The summed E-state index contributed by atoms with van der Waals surface area (Å²) in [6, 6.07) is 17.2. The fraction of sp³-hybridized carbons (Fsp3) is 0.821. The molecule has 8 heteroatoms. The molecule has 0 aliphatic rings. The smallest absolute Gasteiger partial charge is 0.397 e. The van der Waals surface area contributed by atoms with Gasteiger partial charge in [0.05, 0.1) is 26.4 Å². The Balaban J connectivity index is 1.92. The summed E-state index contributed by atoms with van der Waals surface area (Å²) < 4.78 is 38.3. The van der Waals surface area contributed by atoms with Gasteiger partial charge in [-0.25, -0.2) is 0 Å². The summed E-state index contributed by atoms with van der Waals surface area (Å²) in [5.74, 6) is 1.61. The molecule has 0 aliphatic heterocycles. The van der Waals surface area contributed by atoms with Gasteiger partial charge in [0.15, 0.2) is 0 Å². The standard InChI is InChI=1S/C67H122O6P2/c1-7-11-15-19-23-27-31-35-39-43-47-59-68-74(69-60-48-44-40-36-32-28-24-20-16-12-8-2)72-65-55-51-63(52-56-65)67(5,6)64-53-57-66(58-54-64)73-75(70-61-49-45-41-37-33-29-25-21-17-13-9-3)71-62-50-46-42-38-34-30-26-22-18-14-10-4/h51-58H,7-50,59-62H2,1-6H3. The van der Waals surface area contributed by atoms with E-state index in [1.807, 2.05) is 0 Å². The second-order valence-corrected chi connectivity index (χ2v) is 25.1. The van der Waals surface area contributed by atoms with Gasteiger partial charge in [0.25, 0.3) is 0 Å². The Hall–Kier alpha value is -1.26. The Morgan fingerprint density at radius 3 is 0.613 bits per heavy atom. The second kappa shape index (κ2) is 52.1. The molecule has 0 unspecified atom stereocenters. The van der Waals surface area contributed by atoms with Gasteiger partial charge >= 0.3 is 17.2 Å². The lowest BCUT2D eigenvalue weighted by Crippen LogP contribution is -2.18. The summed E-state index contributed by atoms with van der Waals surface area (Å²) in [4.78, 5) is 0. The normalized spacial score (nSPS) is 11.9. The summed E-state index contributed by atoms with van der Waals surface area (Å²) in [5.41, 5.74) is 2.23. The number of unbranched alkanes of at least 4 members (excludes halogenated alkanes) is 40. The average Bonchev–Trinajstić information content (AvgIpc) is 3.42. The van der Waals surface area contributed by atoms with Crippen LogP contribution < -0.4 is 9.05 Å². The molecule has 75 heavy (non-hydrogen) atoms. The van der Waals surface area contributed by atoms with Crippen molar-refractivity contribution in [2.45, 2.75) is 329 Å². The maximum absolute atomic E-state index is 6.47. The van der Waals surface area contributed by atoms with Crippen LogP contribution >= 0.6 is 17.2 Å². The molecule has 6 nitrogen and oxygen atoms in total. The lowest BCUT2D eigenvalue weighted by atomic mass is 9.78. The van der Waals surface area contributed by atoms with Crippen molar-refractivity contribution in [1.29, 1.82) is 0 Å². The van der Waals surface area contributed by atoms with Crippen molar-refractivity contribution in [1.82, 2.24) is 0 Å². The highest BCUT2D eigenvalue weighted by Crippen LogP contribution is 2.44. The molecule has 2 rings (SSSR count). The summed E-state index contributed by atoms with van der Waals surface area (Å²) in [6.45, 7) is 16.5. The van der Waals surface area contributed by atoms with E-state index in [2.05, 4.69) is 90.1 Å². The monoisotopic (exact) mass is 1080 g/mol. The van der Waals surface area contributed by atoms with Gasteiger partial charge in [-0.15, -0.1) is 0 Å². The first kappa shape index (κ1) is 69.8. The van der Waals surface area contributed by atoms with Crippen molar-refractivity contribution >= 4 is 17.2 Å². The number of hydrogen-bond acceptors (Lipinski definition) is 6. The average molecular weight is 1090 g/mol. The molecule has 0 saturated heterocycles. The Labute approximate surface area is 469 Å². The Kier molecular flexibility index (Phi) is 48.6. The first-order valence-corrected chi connectivity index (χ1v) is 34.8. The fourth-order valence-corrected chi connectivity index (χ4v) is 12.1. The molecule has 0 heterocycles. The molecule has 0 aliphatic carbocycles. The van der Waals surface area contributed by atoms with Crippen molar-refractivity contribution in [2.75, 3.05) is 26.4 Å². The number of hydrogen-bond donors (Lipinski definition) is 0. The van der Waals surface area contributed by atoms with E-state index in [1.165, 1.54) is 268 Å².